The molecule has 21 heavy (non-hydrogen) atoms. The zero-order chi connectivity index (χ0) is 15.5. The number of carbonyl (C=O) groups is 1. The molecular weight excluding hydrogens is 292 g/mol. The molecule has 1 heterocycles. The maximum absolute atomic E-state index is 12.1. The molecule has 0 aliphatic carbocycles. The van der Waals surface area contributed by atoms with Gasteiger partial charge in [0.15, 0.2) is 0 Å². The van der Waals surface area contributed by atoms with Crippen molar-refractivity contribution in [3.8, 4) is 0 Å². The fourth-order valence-corrected chi connectivity index (χ4v) is 2.59. The Morgan fingerprint density at radius 2 is 1.90 bits per heavy atom. The van der Waals surface area contributed by atoms with Crippen LogP contribution >= 0.6 is 0 Å². The van der Waals surface area contributed by atoms with E-state index in [1.54, 1.807) is 30.3 Å². The predicted molar refractivity (Wildman–Crippen MR) is 79.3 cm³/mol. The second-order valence-electron chi connectivity index (χ2n) is 4.57. The van der Waals surface area contributed by atoms with Gasteiger partial charge in [0, 0.05) is 12.1 Å². The largest absolute Gasteiger partial charge is 0.469 e. The summed E-state index contributed by atoms with van der Waals surface area (Å²) in [5.74, 6) is 0.126. The Morgan fingerprint density at radius 1 is 1.24 bits per heavy atom. The van der Waals surface area contributed by atoms with Gasteiger partial charge in [0.05, 0.1) is 17.6 Å². The standard InChI is InChI=1S/C14H16N2O4S/c1-2-13-12(7-8-20-13)14(17)16-11-5-3-10(4-6-11)9-21(15,18)19/h3-8H,2,9H2,1H3,(H,16,17)(H2,15,18,19). The normalized spacial score (nSPS) is 11.3. The summed E-state index contributed by atoms with van der Waals surface area (Å²) in [4.78, 5) is 12.1. The van der Waals surface area contributed by atoms with Crippen LogP contribution in [0.25, 0.3) is 0 Å². The highest BCUT2D eigenvalue weighted by atomic mass is 32.2. The van der Waals surface area contributed by atoms with Crippen LogP contribution in [0.4, 0.5) is 5.69 Å². The van der Waals surface area contributed by atoms with E-state index in [1.165, 1.54) is 6.26 Å². The Labute approximate surface area is 123 Å². The van der Waals surface area contributed by atoms with E-state index < -0.39 is 10.0 Å². The predicted octanol–water partition coefficient (Wildman–Crippen LogP) is 1.88. The van der Waals surface area contributed by atoms with Crippen LogP contribution in [-0.2, 0) is 22.2 Å². The lowest BCUT2D eigenvalue weighted by Crippen LogP contribution is -2.15. The Bertz CT molecular complexity index is 733. The molecule has 1 amide bonds. The van der Waals surface area contributed by atoms with E-state index in [2.05, 4.69) is 5.32 Å². The molecule has 0 bridgehead atoms. The summed E-state index contributed by atoms with van der Waals surface area (Å²) < 4.78 is 27.2. The number of furan rings is 1. The molecule has 112 valence electrons. The fraction of sp³-hybridized carbons (Fsp3) is 0.214. The number of aryl methyl sites for hydroxylation is 1. The van der Waals surface area contributed by atoms with Crippen LogP contribution in [0.1, 0.15) is 28.6 Å². The molecule has 1 aromatic heterocycles. The molecule has 0 saturated heterocycles. The molecule has 0 saturated carbocycles. The van der Waals surface area contributed by atoms with E-state index >= 15 is 0 Å². The molecule has 7 heteroatoms. The lowest BCUT2D eigenvalue weighted by molar-refractivity contribution is 0.102. The fourth-order valence-electron chi connectivity index (χ4n) is 1.93. The monoisotopic (exact) mass is 308 g/mol. The lowest BCUT2D eigenvalue weighted by Gasteiger charge is -2.06. The molecule has 2 rings (SSSR count). The first-order valence-corrected chi connectivity index (χ1v) is 8.07. The molecule has 0 radical (unpaired) electrons. The molecule has 0 aliphatic rings. The van der Waals surface area contributed by atoms with Gasteiger partial charge in [-0.05, 0) is 23.8 Å². The molecule has 0 fully saturated rings. The van der Waals surface area contributed by atoms with Crippen molar-refractivity contribution < 1.29 is 17.6 Å². The molecular formula is C14H16N2O4S. The van der Waals surface area contributed by atoms with Crippen molar-refractivity contribution in [1.82, 2.24) is 0 Å². The Hall–Kier alpha value is -2.12. The highest BCUT2D eigenvalue weighted by molar-refractivity contribution is 7.88. The van der Waals surface area contributed by atoms with Gasteiger partial charge in [0.2, 0.25) is 10.0 Å². The smallest absolute Gasteiger partial charge is 0.259 e. The van der Waals surface area contributed by atoms with Gasteiger partial charge in [-0.3, -0.25) is 4.79 Å². The molecule has 2 aromatic rings. The molecule has 0 unspecified atom stereocenters. The van der Waals surface area contributed by atoms with Gasteiger partial charge in [-0.25, -0.2) is 13.6 Å². The summed E-state index contributed by atoms with van der Waals surface area (Å²) in [6.07, 6.45) is 2.10. The summed E-state index contributed by atoms with van der Waals surface area (Å²) in [5.41, 5.74) is 1.63. The van der Waals surface area contributed by atoms with E-state index in [0.717, 1.165) is 0 Å². The highest BCUT2D eigenvalue weighted by Crippen LogP contribution is 2.16. The summed E-state index contributed by atoms with van der Waals surface area (Å²) in [5, 5.41) is 7.70. The number of anilines is 1. The first-order chi connectivity index (χ1) is 9.89. The highest BCUT2D eigenvalue weighted by Gasteiger charge is 2.13. The van der Waals surface area contributed by atoms with E-state index in [1.807, 2.05) is 6.92 Å². The first-order valence-electron chi connectivity index (χ1n) is 6.36. The SMILES string of the molecule is CCc1occc1C(=O)Nc1ccc(CS(N)(=O)=O)cc1. The number of hydrogen-bond donors (Lipinski definition) is 2. The van der Waals surface area contributed by atoms with Crippen molar-refractivity contribution >= 4 is 21.6 Å². The van der Waals surface area contributed by atoms with Crippen molar-refractivity contribution in [1.29, 1.82) is 0 Å². The number of carbonyl (C=O) groups excluding carboxylic acids is 1. The third-order valence-corrected chi connectivity index (χ3v) is 3.63. The van der Waals surface area contributed by atoms with Gasteiger partial charge >= 0.3 is 0 Å². The van der Waals surface area contributed by atoms with Crippen LogP contribution in [0.3, 0.4) is 0 Å². The van der Waals surface area contributed by atoms with Crippen molar-refractivity contribution in [3.05, 3.63) is 53.5 Å². The van der Waals surface area contributed by atoms with Crippen molar-refractivity contribution in [2.45, 2.75) is 19.1 Å². The number of rotatable bonds is 5. The van der Waals surface area contributed by atoms with Gasteiger partial charge in [-0.1, -0.05) is 19.1 Å². The van der Waals surface area contributed by atoms with Gasteiger partial charge in [-0.15, -0.1) is 0 Å². The van der Waals surface area contributed by atoms with Crippen molar-refractivity contribution in [2.75, 3.05) is 5.32 Å². The third-order valence-electron chi connectivity index (χ3n) is 2.89. The minimum atomic E-state index is -3.56. The molecule has 1 aromatic carbocycles. The minimum Gasteiger partial charge on any atom is -0.469 e. The van der Waals surface area contributed by atoms with Gasteiger partial charge < -0.3 is 9.73 Å². The average Bonchev–Trinajstić information content (AvgIpc) is 2.87. The van der Waals surface area contributed by atoms with E-state index in [0.29, 0.717) is 29.0 Å². The maximum Gasteiger partial charge on any atom is 0.259 e. The summed E-state index contributed by atoms with van der Waals surface area (Å²) in [6.45, 7) is 1.90. The van der Waals surface area contributed by atoms with E-state index in [-0.39, 0.29) is 11.7 Å². The minimum absolute atomic E-state index is 0.233. The van der Waals surface area contributed by atoms with Crippen LogP contribution in [-0.4, -0.2) is 14.3 Å². The first kappa shape index (κ1) is 15.3. The molecule has 3 N–H and O–H groups in total. The zero-order valence-corrected chi connectivity index (χ0v) is 12.3. The molecule has 6 nitrogen and oxygen atoms in total. The van der Waals surface area contributed by atoms with Crippen LogP contribution < -0.4 is 10.5 Å². The van der Waals surface area contributed by atoms with Crippen LogP contribution in [0, 0.1) is 0 Å². The summed E-state index contributed by atoms with van der Waals surface area (Å²) in [7, 11) is -3.56. The van der Waals surface area contributed by atoms with Gasteiger partial charge in [-0.2, -0.15) is 0 Å². The number of hydrogen-bond acceptors (Lipinski definition) is 4. The number of nitrogens with one attached hydrogen (secondary N) is 1. The average molecular weight is 308 g/mol. The number of sulfonamides is 1. The van der Waals surface area contributed by atoms with Crippen LogP contribution in [0.2, 0.25) is 0 Å². The summed E-state index contributed by atoms with van der Waals surface area (Å²) in [6, 6.07) is 8.09. The van der Waals surface area contributed by atoms with Gasteiger partial charge in [0.25, 0.3) is 5.91 Å². The Morgan fingerprint density at radius 3 is 2.48 bits per heavy atom. The number of nitrogens with two attached hydrogens (primary N) is 1. The number of benzene rings is 1. The van der Waals surface area contributed by atoms with E-state index in [9.17, 15) is 13.2 Å². The summed E-state index contributed by atoms with van der Waals surface area (Å²) >= 11 is 0. The molecule has 0 aliphatic heterocycles. The molecule has 0 atom stereocenters. The second-order valence-corrected chi connectivity index (χ2v) is 6.18. The Balaban J connectivity index is 2.08. The number of amides is 1. The van der Waals surface area contributed by atoms with Crippen LogP contribution in [0.5, 0.6) is 0 Å². The Kier molecular flexibility index (Phi) is 4.44. The van der Waals surface area contributed by atoms with Crippen molar-refractivity contribution in [3.63, 3.8) is 0 Å². The zero-order valence-electron chi connectivity index (χ0n) is 11.5. The maximum atomic E-state index is 12.1. The van der Waals surface area contributed by atoms with E-state index in [4.69, 9.17) is 9.56 Å². The quantitative estimate of drug-likeness (QED) is 0.880. The van der Waals surface area contributed by atoms with Crippen molar-refractivity contribution in [2.24, 2.45) is 5.14 Å². The second kappa shape index (κ2) is 6.11. The third kappa shape index (κ3) is 4.17. The lowest BCUT2D eigenvalue weighted by atomic mass is 10.2. The van der Waals surface area contributed by atoms with Crippen LogP contribution in [0.15, 0.2) is 41.0 Å². The molecule has 0 spiro atoms. The number of primary sulfonamides is 1. The topological polar surface area (TPSA) is 102 Å². The van der Waals surface area contributed by atoms with Gasteiger partial charge in [0.1, 0.15) is 5.76 Å².